The lowest BCUT2D eigenvalue weighted by atomic mass is 10.00. The molecule has 0 rings (SSSR count). The van der Waals surface area contributed by atoms with Crippen LogP contribution < -0.4 is 5.73 Å². The summed E-state index contributed by atoms with van der Waals surface area (Å²) < 4.78 is 36.7. The van der Waals surface area contributed by atoms with E-state index >= 15 is 0 Å². The van der Waals surface area contributed by atoms with E-state index < -0.39 is 18.3 Å². The first-order chi connectivity index (χ1) is 6.70. The molecule has 0 heterocycles. The van der Waals surface area contributed by atoms with Crippen molar-refractivity contribution in [1.29, 1.82) is 0 Å². The maximum atomic E-state index is 12.2. The van der Waals surface area contributed by atoms with Crippen LogP contribution in [0, 0.1) is 0 Å². The largest absolute Gasteiger partial charge is 0.401 e. The SMILES string of the molecule is CCCN(CC(F)(F)F)CC(C)(N)CC. The van der Waals surface area contributed by atoms with E-state index in [1.54, 1.807) is 6.92 Å². The monoisotopic (exact) mass is 226 g/mol. The molecule has 0 saturated heterocycles. The number of hydrogen-bond donors (Lipinski definition) is 1. The molecule has 0 bridgehead atoms. The average Bonchev–Trinajstić information content (AvgIpc) is 2.01. The molecule has 0 radical (unpaired) electrons. The molecule has 5 heteroatoms. The summed E-state index contributed by atoms with van der Waals surface area (Å²) in [5, 5.41) is 0. The van der Waals surface area contributed by atoms with Crippen LogP contribution in [0.25, 0.3) is 0 Å². The van der Waals surface area contributed by atoms with E-state index in [1.165, 1.54) is 4.90 Å². The van der Waals surface area contributed by atoms with Gasteiger partial charge in [-0.2, -0.15) is 13.2 Å². The first kappa shape index (κ1) is 14.7. The molecule has 0 spiro atoms. The van der Waals surface area contributed by atoms with Gasteiger partial charge in [0.1, 0.15) is 0 Å². The van der Waals surface area contributed by atoms with Gasteiger partial charge in [0.05, 0.1) is 6.54 Å². The maximum Gasteiger partial charge on any atom is 0.401 e. The third kappa shape index (κ3) is 7.62. The van der Waals surface area contributed by atoms with Crippen molar-refractivity contribution in [3.05, 3.63) is 0 Å². The van der Waals surface area contributed by atoms with Gasteiger partial charge in [0.15, 0.2) is 0 Å². The fourth-order valence-corrected chi connectivity index (χ4v) is 1.41. The average molecular weight is 226 g/mol. The Kier molecular flexibility index (Phi) is 5.59. The molecule has 0 fully saturated rings. The zero-order valence-electron chi connectivity index (χ0n) is 9.69. The lowest BCUT2D eigenvalue weighted by molar-refractivity contribution is -0.147. The van der Waals surface area contributed by atoms with Gasteiger partial charge < -0.3 is 5.73 Å². The van der Waals surface area contributed by atoms with Gasteiger partial charge in [-0.25, -0.2) is 0 Å². The molecule has 2 nitrogen and oxygen atoms in total. The van der Waals surface area contributed by atoms with Crippen molar-refractivity contribution in [2.24, 2.45) is 5.73 Å². The van der Waals surface area contributed by atoms with E-state index in [4.69, 9.17) is 5.73 Å². The molecular formula is C10H21F3N2. The van der Waals surface area contributed by atoms with Crippen LogP contribution in [-0.4, -0.2) is 36.2 Å². The van der Waals surface area contributed by atoms with E-state index in [9.17, 15) is 13.2 Å². The maximum absolute atomic E-state index is 12.2. The predicted molar refractivity (Wildman–Crippen MR) is 55.7 cm³/mol. The standard InChI is InChI=1S/C10H21F3N2/c1-4-6-15(8-10(11,12)13)7-9(3,14)5-2/h4-8,14H2,1-3H3. The summed E-state index contributed by atoms with van der Waals surface area (Å²) >= 11 is 0. The zero-order chi connectivity index (χ0) is 12.1. The third-order valence-electron chi connectivity index (χ3n) is 2.34. The molecule has 0 amide bonds. The van der Waals surface area contributed by atoms with Crippen molar-refractivity contribution in [3.8, 4) is 0 Å². The Morgan fingerprint density at radius 1 is 1.13 bits per heavy atom. The second-order valence-electron chi connectivity index (χ2n) is 4.33. The fourth-order valence-electron chi connectivity index (χ4n) is 1.41. The van der Waals surface area contributed by atoms with Crippen LogP contribution in [0.3, 0.4) is 0 Å². The summed E-state index contributed by atoms with van der Waals surface area (Å²) in [5.74, 6) is 0. The van der Waals surface area contributed by atoms with Crippen LogP contribution in [-0.2, 0) is 0 Å². The third-order valence-corrected chi connectivity index (χ3v) is 2.34. The topological polar surface area (TPSA) is 29.3 Å². The number of rotatable bonds is 6. The van der Waals surface area contributed by atoms with E-state index in [1.807, 2.05) is 13.8 Å². The highest BCUT2D eigenvalue weighted by Gasteiger charge is 2.32. The molecule has 0 aromatic heterocycles. The molecule has 0 aliphatic heterocycles. The second kappa shape index (κ2) is 5.70. The Balaban J connectivity index is 4.28. The quantitative estimate of drug-likeness (QED) is 0.753. The normalized spacial score (nSPS) is 16.8. The van der Waals surface area contributed by atoms with Crippen LogP contribution in [0.2, 0.25) is 0 Å². The summed E-state index contributed by atoms with van der Waals surface area (Å²) in [6.07, 6.45) is -2.76. The van der Waals surface area contributed by atoms with Gasteiger partial charge in [-0.05, 0) is 26.3 Å². The van der Waals surface area contributed by atoms with Crippen molar-refractivity contribution in [1.82, 2.24) is 4.90 Å². The minimum Gasteiger partial charge on any atom is -0.324 e. The molecular weight excluding hydrogens is 205 g/mol. The minimum absolute atomic E-state index is 0.289. The molecule has 0 aromatic rings. The first-order valence-corrected chi connectivity index (χ1v) is 5.28. The van der Waals surface area contributed by atoms with E-state index in [0.29, 0.717) is 19.4 Å². The molecule has 0 aromatic carbocycles. The number of nitrogens with zero attached hydrogens (tertiary/aromatic N) is 1. The van der Waals surface area contributed by atoms with Gasteiger partial charge in [0, 0.05) is 12.1 Å². The Morgan fingerprint density at radius 3 is 2.00 bits per heavy atom. The van der Waals surface area contributed by atoms with Crippen molar-refractivity contribution < 1.29 is 13.2 Å². The highest BCUT2D eigenvalue weighted by atomic mass is 19.4. The molecule has 2 N–H and O–H groups in total. The lowest BCUT2D eigenvalue weighted by Gasteiger charge is -2.32. The van der Waals surface area contributed by atoms with Gasteiger partial charge >= 0.3 is 6.18 Å². The van der Waals surface area contributed by atoms with Crippen molar-refractivity contribution in [2.45, 2.75) is 45.3 Å². The van der Waals surface area contributed by atoms with E-state index in [0.717, 1.165) is 0 Å². The minimum atomic E-state index is -4.14. The fraction of sp³-hybridized carbons (Fsp3) is 1.00. The molecule has 0 aliphatic rings. The van der Waals surface area contributed by atoms with Gasteiger partial charge in [-0.15, -0.1) is 0 Å². The molecule has 92 valence electrons. The zero-order valence-corrected chi connectivity index (χ0v) is 9.69. The van der Waals surface area contributed by atoms with Crippen molar-refractivity contribution >= 4 is 0 Å². The van der Waals surface area contributed by atoms with Crippen molar-refractivity contribution in [2.75, 3.05) is 19.6 Å². The van der Waals surface area contributed by atoms with E-state index in [-0.39, 0.29) is 6.54 Å². The van der Waals surface area contributed by atoms with Gasteiger partial charge in [-0.3, -0.25) is 4.90 Å². The van der Waals surface area contributed by atoms with Crippen LogP contribution in [0.15, 0.2) is 0 Å². The summed E-state index contributed by atoms with van der Waals surface area (Å²) in [6, 6.07) is 0. The predicted octanol–water partition coefficient (Wildman–Crippen LogP) is 2.39. The Hall–Kier alpha value is -0.290. The molecule has 1 atom stereocenters. The number of halogens is 3. The summed E-state index contributed by atoms with van der Waals surface area (Å²) in [6.45, 7) is 5.39. The number of nitrogens with two attached hydrogens (primary N) is 1. The van der Waals surface area contributed by atoms with Gasteiger partial charge in [0.2, 0.25) is 0 Å². The molecule has 0 aliphatic carbocycles. The summed E-state index contributed by atoms with van der Waals surface area (Å²) in [4.78, 5) is 1.38. The van der Waals surface area contributed by atoms with Gasteiger partial charge in [0.25, 0.3) is 0 Å². The number of alkyl halides is 3. The Bertz CT molecular complexity index is 178. The van der Waals surface area contributed by atoms with Crippen LogP contribution in [0.1, 0.15) is 33.6 Å². The second-order valence-corrected chi connectivity index (χ2v) is 4.33. The van der Waals surface area contributed by atoms with Crippen LogP contribution in [0.5, 0.6) is 0 Å². The van der Waals surface area contributed by atoms with Crippen LogP contribution >= 0.6 is 0 Å². The molecule has 15 heavy (non-hydrogen) atoms. The van der Waals surface area contributed by atoms with Crippen molar-refractivity contribution in [3.63, 3.8) is 0 Å². The molecule has 1 unspecified atom stereocenters. The first-order valence-electron chi connectivity index (χ1n) is 5.28. The Labute approximate surface area is 89.6 Å². The smallest absolute Gasteiger partial charge is 0.324 e. The highest BCUT2D eigenvalue weighted by Crippen LogP contribution is 2.18. The lowest BCUT2D eigenvalue weighted by Crippen LogP contribution is -2.49. The summed E-state index contributed by atoms with van der Waals surface area (Å²) in [7, 11) is 0. The van der Waals surface area contributed by atoms with E-state index in [2.05, 4.69) is 0 Å². The van der Waals surface area contributed by atoms with Gasteiger partial charge in [-0.1, -0.05) is 13.8 Å². The van der Waals surface area contributed by atoms with Crippen LogP contribution in [0.4, 0.5) is 13.2 Å². The summed E-state index contributed by atoms with van der Waals surface area (Å²) in [5.41, 5.74) is 5.32. The number of hydrogen-bond acceptors (Lipinski definition) is 2. The molecule has 0 saturated carbocycles. The highest BCUT2D eigenvalue weighted by molar-refractivity contribution is 4.81. The Morgan fingerprint density at radius 2 is 1.67 bits per heavy atom.